The van der Waals surface area contributed by atoms with E-state index in [1.807, 2.05) is 45.0 Å². The molecular formula is C29H40N2O6S. The van der Waals surface area contributed by atoms with E-state index < -0.39 is 10.0 Å². The van der Waals surface area contributed by atoms with Crippen LogP contribution in [0, 0.1) is 5.41 Å². The first-order chi connectivity index (χ1) is 17.9. The Labute approximate surface area is 226 Å². The molecular weight excluding hydrogens is 504 g/mol. The van der Waals surface area contributed by atoms with Crippen molar-refractivity contribution < 1.29 is 27.4 Å². The molecule has 1 saturated heterocycles. The number of carbonyl (C=O) groups is 1. The number of nitrogens with one attached hydrogen (secondary N) is 1. The molecule has 4 rings (SSSR count). The van der Waals surface area contributed by atoms with E-state index in [1.165, 1.54) is 0 Å². The molecule has 9 heteroatoms. The highest BCUT2D eigenvalue weighted by Gasteiger charge is 2.41. The summed E-state index contributed by atoms with van der Waals surface area (Å²) in [5.41, 5.74) is 2.80. The zero-order valence-corrected chi connectivity index (χ0v) is 23.9. The number of likely N-dealkylation sites (tertiary alicyclic amines) is 1. The number of hydrogen-bond acceptors (Lipinski definition) is 6. The van der Waals surface area contributed by atoms with Crippen LogP contribution in [-0.2, 0) is 25.9 Å². The SMILES string of the molecule is COC(C)CNS(=O)(=O)c1ccc(-c2ccc3c(c2)CCC2(CCN(C(=O)OCC(C)(C)C)CC2)O3)cc1. The average Bonchev–Trinajstić information content (AvgIpc) is 2.90. The van der Waals surface area contributed by atoms with E-state index in [2.05, 4.69) is 10.8 Å². The van der Waals surface area contributed by atoms with Crippen molar-refractivity contribution in [1.82, 2.24) is 9.62 Å². The average molecular weight is 545 g/mol. The van der Waals surface area contributed by atoms with Crippen LogP contribution in [0.5, 0.6) is 5.75 Å². The number of sulfonamides is 1. The van der Waals surface area contributed by atoms with Crippen LogP contribution in [0.3, 0.4) is 0 Å². The summed E-state index contributed by atoms with van der Waals surface area (Å²) < 4.78 is 44.8. The maximum Gasteiger partial charge on any atom is 0.409 e. The van der Waals surface area contributed by atoms with E-state index in [4.69, 9.17) is 14.2 Å². The number of benzene rings is 2. The molecule has 0 saturated carbocycles. The Bertz CT molecular complexity index is 1230. The lowest BCUT2D eigenvalue weighted by Gasteiger charge is -2.44. The van der Waals surface area contributed by atoms with Crippen molar-refractivity contribution in [2.45, 2.75) is 70.0 Å². The van der Waals surface area contributed by atoms with Crippen molar-refractivity contribution in [2.24, 2.45) is 5.41 Å². The second kappa shape index (κ2) is 11.2. The molecule has 2 aromatic rings. The van der Waals surface area contributed by atoms with Crippen LogP contribution in [0.1, 0.15) is 52.5 Å². The summed E-state index contributed by atoms with van der Waals surface area (Å²) in [5, 5.41) is 0. The van der Waals surface area contributed by atoms with Gasteiger partial charge in [-0.15, -0.1) is 0 Å². The van der Waals surface area contributed by atoms with Gasteiger partial charge in [-0.3, -0.25) is 0 Å². The minimum absolute atomic E-state index is 0.0540. The number of fused-ring (bicyclic) bond motifs is 1. The summed E-state index contributed by atoms with van der Waals surface area (Å²) in [6.07, 6.45) is 2.92. The maximum absolute atomic E-state index is 12.6. The van der Waals surface area contributed by atoms with Gasteiger partial charge < -0.3 is 19.1 Å². The van der Waals surface area contributed by atoms with Crippen molar-refractivity contribution in [3.63, 3.8) is 0 Å². The Morgan fingerprint density at radius 2 is 1.74 bits per heavy atom. The standard InChI is InChI=1S/C29H40N2O6S/c1-21(35-5)19-30-38(33,34)25-9-6-22(7-10-25)23-8-11-26-24(18-23)12-13-29(37-26)14-16-31(17-15-29)27(32)36-20-28(2,3)4/h6-11,18,21,30H,12-17,19-20H2,1-5H3. The van der Waals surface area contributed by atoms with Crippen molar-refractivity contribution in [3.05, 3.63) is 48.0 Å². The molecule has 0 aliphatic carbocycles. The Kier molecular flexibility index (Phi) is 8.40. The second-order valence-electron chi connectivity index (χ2n) is 11.6. The summed E-state index contributed by atoms with van der Waals surface area (Å²) in [4.78, 5) is 14.5. The van der Waals surface area contributed by atoms with E-state index in [9.17, 15) is 13.2 Å². The van der Waals surface area contributed by atoms with Gasteiger partial charge in [-0.2, -0.15) is 0 Å². The smallest absolute Gasteiger partial charge is 0.409 e. The van der Waals surface area contributed by atoms with Crippen LogP contribution >= 0.6 is 0 Å². The first kappa shape index (κ1) is 28.4. The summed E-state index contributed by atoms with van der Waals surface area (Å²) >= 11 is 0. The second-order valence-corrected chi connectivity index (χ2v) is 13.4. The van der Waals surface area contributed by atoms with E-state index >= 15 is 0 Å². The number of piperidine rings is 1. The largest absolute Gasteiger partial charge is 0.487 e. The van der Waals surface area contributed by atoms with Crippen molar-refractivity contribution in [3.8, 4) is 16.9 Å². The predicted octanol–water partition coefficient (Wildman–Crippen LogP) is 5.01. The third-order valence-electron chi connectivity index (χ3n) is 7.26. The molecule has 1 fully saturated rings. The lowest BCUT2D eigenvalue weighted by molar-refractivity contribution is -0.0171. The summed E-state index contributed by atoms with van der Waals surface area (Å²) in [6.45, 7) is 9.83. The van der Waals surface area contributed by atoms with Crippen LogP contribution in [-0.4, -0.2) is 64.5 Å². The first-order valence-electron chi connectivity index (χ1n) is 13.3. The number of carbonyl (C=O) groups excluding carboxylic acids is 1. The molecule has 2 aliphatic rings. The lowest BCUT2D eigenvalue weighted by Crippen LogP contribution is -2.51. The highest BCUT2D eigenvalue weighted by atomic mass is 32.2. The van der Waals surface area contributed by atoms with Gasteiger partial charge >= 0.3 is 6.09 Å². The molecule has 1 unspecified atom stereocenters. The van der Waals surface area contributed by atoms with Gasteiger partial charge in [0.25, 0.3) is 0 Å². The Balaban J connectivity index is 1.37. The van der Waals surface area contributed by atoms with Gasteiger partial charge in [0.05, 0.1) is 17.6 Å². The fraction of sp³-hybridized carbons (Fsp3) is 0.552. The topological polar surface area (TPSA) is 94.2 Å². The Hall–Kier alpha value is -2.62. The maximum atomic E-state index is 12.6. The molecule has 8 nitrogen and oxygen atoms in total. The van der Waals surface area contributed by atoms with Crippen molar-refractivity contribution in [1.29, 1.82) is 0 Å². The molecule has 0 aromatic heterocycles. The van der Waals surface area contributed by atoms with Gasteiger partial charge in [0.1, 0.15) is 11.4 Å². The van der Waals surface area contributed by atoms with Gasteiger partial charge in [0, 0.05) is 39.6 Å². The molecule has 38 heavy (non-hydrogen) atoms. The third kappa shape index (κ3) is 6.87. The number of methoxy groups -OCH3 is 1. The Morgan fingerprint density at radius 1 is 1.08 bits per heavy atom. The van der Waals surface area contributed by atoms with E-state index in [0.717, 1.165) is 48.1 Å². The normalized spacial score (nSPS) is 18.0. The molecule has 2 aromatic carbocycles. The predicted molar refractivity (Wildman–Crippen MR) is 147 cm³/mol. The zero-order chi connectivity index (χ0) is 27.6. The molecule has 2 aliphatic heterocycles. The number of amides is 1. The molecule has 208 valence electrons. The quantitative estimate of drug-likeness (QED) is 0.527. The van der Waals surface area contributed by atoms with Gasteiger partial charge in [-0.05, 0) is 66.1 Å². The van der Waals surface area contributed by atoms with Crippen LogP contribution in [0.25, 0.3) is 11.1 Å². The highest BCUT2D eigenvalue weighted by molar-refractivity contribution is 7.89. The molecule has 0 bridgehead atoms. The minimum Gasteiger partial charge on any atom is -0.487 e. The van der Waals surface area contributed by atoms with Crippen LogP contribution in [0.2, 0.25) is 0 Å². The zero-order valence-electron chi connectivity index (χ0n) is 23.1. The summed E-state index contributed by atoms with van der Waals surface area (Å²) in [6, 6.07) is 13.1. The highest BCUT2D eigenvalue weighted by Crippen LogP contribution is 2.41. The first-order valence-corrected chi connectivity index (χ1v) is 14.7. The molecule has 1 N–H and O–H groups in total. The Morgan fingerprint density at radius 3 is 2.37 bits per heavy atom. The monoisotopic (exact) mass is 544 g/mol. The molecule has 1 spiro atoms. The number of ether oxygens (including phenoxy) is 3. The molecule has 0 radical (unpaired) electrons. The van der Waals surface area contributed by atoms with Crippen LogP contribution in [0.4, 0.5) is 4.79 Å². The van der Waals surface area contributed by atoms with Gasteiger partial charge in [-0.25, -0.2) is 17.9 Å². The van der Waals surface area contributed by atoms with E-state index in [1.54, 1.807) is 31.1 Å². The van der Waals surface area contributed by atoms with Crippen LogP contribution < -0.4 is 9.46 Å². The number of rotatable bonds is 7. The van der Waals surface area contributed by atoms with E-state index in [-0.39, 0.29) is 34.7 Å². The molecule has 2 heterocycles. The van der Waals surface area contributed by atoms with Gasteiger partial charge in [0.15, 0.2) is 0 Å². The number of nitrogens with zero attached hydrogens (tertiary/aromatic N) is 1. The molecule has 1 atom stereocenters. The van der Waals surface area contributed by atoms with Gasteiger partial charge in [-0.1, -0.05) is 39.0 Å². The van der Waals surface area contributed by atoms with Crippen molar-refractivity contribution >= 4 is 16.1 Å². The van der Waals surface area contributed by atoms with Crippen LogP contribution in [0.15, 0.2) is 47.4 Å². The third-order valence-corrected chi connectivity index (χ3v) is 8.70. The lowest BCUT2D eigenvalue weighted by atomic mass is 9.82. The minimum atomic E-state index is -3.60. The summed E-state index contributed by atoms with van der Waals surface area (Å²) in [5.74, 6) is 0.888. The van der Waals surface area contributed by atoms with Gasteiger partial charge in [0.2, 0.25) is 10.0 Å². The van der Waals surface area contributed by atoms with Crippen molar-refractivity contribution in [2.75, 3.05) is 33.4 Å². The van der Waals surface area contributed by atoms with E-state index in [0.29, 0.717) is 19.7 Å². The fourth-order valence-corrected chi connectivity index (χ4v) is 5.85. The number of hydrogen-bond donors (Lipinski definition) is 1. The number of aryl methyl sites for hydroxylation is 1. The summed E-state index contributed by atoms with van der Waals surface area (Å²) in [7, 11) is -2.05. The fourth-order valence-electron chi connectivity index (χ4n) is 4.74. The molecule has 1 amide bonds.